The van der Waals surface area contributed by atoms with Crippen LogP contribution < -0.4 is 5.32 Å². The monoisotopic (exact) mass is 171 g/mol. The second-order valence-corrected chi connectivity index (χ2v) is 3.66. The molecule has 1 aliphatic carbocycles. The summed E-state index contributed by atoms with van der Waals surface area (Å²) in [5.41, 5.74) is 0. The maximum absolute atomic E-state index is 5.47. The Morgan fingerprint density at radius 2 is 1.75 bits per heavy atom. The Hall–Kier alpha value is -0.0800. The molecule has 2 heteroatoms. The van der Waals surface area contributed by atoms with Gasteiger partial charge in [-0.2, -0.15) is 0 Å². The predicted octanol–water partition coefficient (Wildman–Crippen LogP) is 1.94. The molecule has 0 aromatic heterocycles. The standard InChI is InChI=1S/C10H21NO/c1-11-9-7-5-3-4-6-8-10(9)12-2/h9-11H,3-8H2,1-2H3/t9-,10+/m1/s1. The van der Waals surface area contributed by atoms with Gasteiger partial charge in [-0.05, 0) is 19.9 Å². The SMILES string of the molecule is CN[C@@H]1CCCCCC[C@@H]1OC. The van der Waals surface area contributed by atoms with Crippen molar-refractivity contribution in [1.29, 1.82) is 0 Å². The maximum atomic E-state index is 5.47. The molecule has 2 atom stereocenters. The van der Waals surface area contributed by atoms with Gasteiger partial charge in [0.05, 0.1) is 6.10 Å². The highest BCUT2D eigenvalue weighted by atomic mass is 16.5. The number of rotatable bonds is 2. The molecule has 0 saturated heterocycles. The molecule has 1 fully saturated rings. The molecule has 1 aliphatic rings. The van der Waals surface area contributed by atoms with E-state index in [-0.39, 0.29) is 0 Å². The van der Waals surface area contributed by atoms with Crippen molar-refractivity contribution in [2.75, 3.05) is 14.2 Å². The molecule has 0 aliphatic heterocycles. The predicted molar refractivity (Wildman–Crippen MR) is 51.3 cm³/mol. The Kier molecular flexibility index (Phi) is 4.62. The summed E-state index contributed by atoms with van der Waals surface area (Å²) in [4.78, 5) is 0. The van der Waals surface area contributed by atoms with Gasteiger partial charge < -0.3 is 10.1 Å². The minimum absolute atomic E-state index is 0.440. The van der Waals surface area contributed by atoms with Gasteiger partial charge in [-0.3, -0.25) is 0 Å². The number of methoxy groups -OCH3 is 1. The molecule has 0 unspecified atom stereocenters. The fourth-order valence-electron chi connectivity index (χ4n) is 2.06. The van der Waals surface area contributed by atoms with Crippen LogP contribution in [0.1, 0.15) is 38.5 Å². The third-order valence-corrected chi connectivity index (χ3v) is 2.88. The van der Waals surface area contributed by atoms with Crippen LogP contribution in [0.2, 0.25) is 0 Å². The molecule has 0 bridgehead atoms. The van der Waals surface area contributed by atoms with Crippen LogP contribution in [0.5, 0.6) is 0 Å². The van der Waals surface area contributed by atoms with Crippen LogP contribution in [-0.2, 0) is 4.74 Å². The van der Waals surface area contributed by atoms with Crippen molar-refractivity contribution in [3.8, 4) is 0 Å². The summed E-state index contributed by atoms with van der Waals surface area (Å²) >= 11 is 0. The van der Waals surface area contributed by atoms with Gasteiger partial charge in [-0.25, -0.2) is 0 Å². The zero-order valence-corrected chi connectivity index (χ0v) is 8.31. The smallest absolute Gasteiger partial charge is 0.0724 e. The van der Waals surface area contributed by atoms with Gasteiger partial charge in [0.25, 0.3) is 0 Å². The first-order valence-electron chi connectivity index (χ1n) is 5.08. The molecule has 2 nitrogen and oxygen atoms in total. The summed E-state index contributed by atoms with van der Waals surface area (Å²) in [7, 11) is 3.87. The zero-order chi connectivity index (χ0) is 8.81. The fraction of sp³-hybridized carbons (Fsp3) is 1.00. The van der Waals surface area contributed by atoms with Gasteiger partial charge >= 0.3 is 0 Å². The van der Waals surface area contributed by atoms with Crippen LogP contribution in [-0.4, -0.2) is 26.3 Å². The Bertz CT molecular complexity index is 102. The largest absolute Gasteiger partial charge is 0.380 e. The van der Waals surface area contributed by atoms with Crippen LogP contribution in [0, 0.1) is 0 Å². The number of likely N-dealkylation sites (N-methyl/N-ethyl adjacent to an activating group) is 1. The average Bonchev–Trinajstić information content (AvgIpc) is 2.05. The van der Waals surface area contributed by atoms with Crippen LogP contribution in [0.3, 0.4) is 0 Å². The lowest BCUT2D eigenvalue weighted by Crippen LogP contribution is -2.39. The van der Waals surface area contributed by atoms with E-state index < -0.39 is 0 Å². The van der Waals surface area contributed by atoms with Crippen LogP contribution in [0.15, 0.2) is 0 Å². The Balaban J connectivity index is 2.39. The van der Waals surface area contributed by atoms with Gasteiger partial charge in [-0.15, -0.1) is 0 Å². The molecule has 0 amide bonds. The van der Waals surface area contributed by atoms with E-state index in [2.05, 4.69) is 5.32 Å². The van der Waals surface area contributed by atoms with Crippen molar-refractivity contribution in [3.63, 3.8) is 0 Å². The molecule has 12 heavy (non-hydrogen) atoms. The third kappa shape index (κ3) is 2.76. The lowest BCUT2D eigenvalue weighted by molar-refractivity contribution is 0.0544. The molecule has 0 aromatic carbocycles. The highest BCUT2D eigenvalue weighted by molar-refractivity contribution is 4.77. The second kappa shape index (κ2) is 5.55. The van der Waals surface area contributed by atoms with E-state index in [1.807, 2.05) is 14.2 Å². The minimum Gasteiger partial charge on any atom is -0.380 e. The summed E-state index contributed by atoms with van der Waals surface area (Å²) < 4.78 is 5.47. The molecule has 1 N–H and O–H groups in total. The first kappa shape index (κ1) is 10.0. The lowest BCUT2D eigenvalue weighted by atomic mass is 9.94. The Labute approximate surface area is 75.7 Å². The molecule has 0 spiro atoms. The number of hydrogen-bond acceptors (Lipinski definition) is 2. The molecule has 72 valence electrons. The van der Waals surface area contributed by atoms with Crippen molar-refractivity contribution >= 4 is 0 Å². The van der Waals surface area contributed by atoms with Crippen molar-refractivity contribution in [2.24, 2.45) is 0 Å². The fourth-order valence-corrected chi connectivity index (χ4v) is 2.06. The van der Waals surface area contributed by atoms with E-state index in [0.29, 0.717) is 12.1 Å². The Morgan fingerprint density at radius 3 is 2.33 bits per heavy atom. The van der Waals surface area contributed by atoms with Gasteiger partial charge in [0.1, 0.15) is 0 Å². The normalized spacial score (nSPS) is 32.5. The van der Waals surface area contributed by atoms with Gasteiger partial charge in [0.15, 0.2) is 0 Å². The maximum Gasteiger partial charge on any atom is 0.0724 e. The highest BCUT2D eigenvalue weighted by Gasteiger charge is 2.20. The molecule has 0 radical (unpaired) electrons. The molecular formula is C10H21NO. The molecule has 1 rings (SSSR count). The number of hydrogen-bond donors (Lipinski definition) is 1. The molecule has 1 saturated carbocycles. The van der Waals surface area contributed by atoms with Crippen LogP contribution in [0.25, 0.3) is 0 Å². The second-order valence-electron chi connectivity index (χ2n) is 3.66. The summed E-state index contributed by atoms with van der Waals surface area (Å²) in [5, 5.41) is 3.35. The first-order chi connectivity index (χ1) is 5.88. The zero-order valence-electron chi connectivity index (χ0n) is 8.31. The van der Waals surface area contributed by atoms with E-state index in [4.69, 9.17) is 4.74 Å². The van der Waals surface area contributed by atoms with Gasteiger partial charge in [0.2, 0.25) is 0 Å². The van der Waals surface area contributed by atoms with Crippen molar-refractivity contribution < 1.29 is 4.74 Å². The summed E-state index contributed by atoms with van der Waals surface area (Å²) in [6.45, 7) is 0. The van der Waals surface area contributed by atoms with E-state index in [1.54, 1.807) is 0 Å². The molecule has 0 aromatic rings. The molecular weight excluding hydrogens is 150 g/mol. The highest BCUT2D eigenvalue weighted by Crippen LogP contribution is 2.19. The van der Waals surface area contributed by atoms with Crippen LogP contribution in [0.4, 0.5) is 0 Å². The number of nitrogens with one attached hydrogen (secondary N) is 1. The van der Waals surface area contributed by atoms with Crippen molar-refractivity contribution in [1.82, 2.24) is 5.32 Å². The topological polar surface area (TPSA) is 21.3 Å². The quantitative estimate of drug-likeness (QED) is 0.685. The van der Waals surface area contributed by atoms with Crippen molar-refractivity contribution in [2.45, 2.75) is 50.7 Å². The molecule has 0 heterocycles. The van der Waals surface area contributed by atoms with Crippen molar-refractivity contribution in [3.05, 3.63) is 0 Å². The lowest BCUT2D eigenvalue weighted by Gasteiger charge is -2.27. The van der Waals surface area contributed by atoms with Gasteiger partial charge in [-0.1, -0.05) is 25.7 Å². The third-order valence-electron chi connectivity index (χ3n) is 2.88. The first-order valence-corrected chi connectivity index (χ1v) is 5.08. The van der Waals surface area contributed by atoms with Crippen LogP contribution >= 0.6 is 0 Å². The van der Waals surface area contributed by atoms with E-state index in [9.17, 15) is 0 Å². The number of ether oxygens (including phenoxy) is 1. The van der Waals surface area contributed by atoms with Gasteiger partial charge in [0, 0.05) is 13.2 Å². The van der Waals surface area contributed by atoms with E-state index >= 15 is 0 Å². The summed E-state index contributed by atoms with van der Waals surface area (Å²) in [6.07, 6.45) is 8.40. The van der Waals surface area contributed by atoms with E-state index in [0.717, 1.165) is 0 Å². The minimum atomic E-state index is 0.440. The summed E-state index contributed by atoms with van der Waals surface area (Å²) in [5.74, 6) is 0. The summed E-state index contributed by atoms with van der Waals surface area (Å²) in [6, 6.07) is 0.579. The average molecular weight is 171 g/mol. The van der Waals surface area contributed by atoms with E-state index in [1.165, 1.54) is 38.5 Å². The Morgan fingerprint density at radius 1 is 1.08 bits per heavy atom.